The van der Waals surface area contributed by atoms with Gasteiger partial charge in [-0.05, 0) is 42.3 Å². The molecule has 0 amide bonds. The molecule has 0 unspecified atom stereocenters. The molecule has 0 bridgehead atoms. The second-order valence-corrected chi connectivity index (χ2v) is 8.70. The lowest BCUT2D eigenvalue weighted by Crippen LogP contribution is -2.54. The van der Waals surface area contributed by atoms with Crippen molar-refractivity contribution in [3.63, 3.8) is 0 Å². The molecule has 1 fully saturated rings. The van der Waals surface area contributed by atoms with E-state index in [0.717, 1.165) is 26.1 Å². The summed E-state index contributed by atoms with van der Waals surface area (Å²) in [5, 5.41) is 3.76. The van der Waals surface area contributed by atoms with Gasteiger partial charge in [-0.3, -0.25) is 10.3 Å². The minimum Gasteiger partial charge on any atom is -0.375 e. The molecule has 0 aliphatic carbocycles. The van der Waals surface area contributed by atoms with Gasteiger partial charge < -0.3 is 10.6 Å². The molecule has 0 saturated carbocycles. The maximum Gasteiger partial charge on any atom is 0.184 e. The molecule has 8 heteroatoms. The molecular formula is C23H29F2N5S. The average molecular weight is 446 g/mol. The highest BCUT2D eigenvalue weighted by Crippen LogP contribution is 2.30. The van der Waals surface area contributed by atoms with Crippen molar-refractivity contribution in [3.05, 3.63) is 65.2 Å². The minimum absolute atomic E-state index is 0.0151. The van der Waals surface area contributed by atoms with Gasteiger partial charge in [-0.1, -0.05) is 44.2 Å². The monoisotopic (exact) mass is 445 g/mol. The second-order valence-electron chi connectivity index (χ2n) is 8.26. The molecule has 2 aromatic carbocycles. The van der Waals surface area contributed by atoms with Crippen molar-refractivity contribution < 1.29 is 8.78 Å². The van der Waals surface area contributed by atoms with Gasteiger partial charge in [0.25, 0.3) is 0 Å². The van der Waals surface area contributed by atoms with Crippen LogP contribution in [0.3, 0.4) is 0 Å². The molecule has 1 aliphatic rings. The summed E-state index contributed by atoms with van der Waals surface area (Å²) in [5.74, 6) is -0.781. The van der Waals surface area contributed by atoms with Crippen molar-refractivity contribution in [2.75, 3.05) is 24.5 Å². The largest absolute Gasteiger partial charge is 0.375 e. The van der Waals surface area contributed by atoms with E-state index in [2.05, 4.69) is 53.6 Å². The summed E-state index contributed by atoms with van der Waals surface area (Å²) in [7, 11) is 0. The highest BCUT2D eigenvalue weighted by molar-refractivity contribution is 7.80. The van der Waals surface area contributed by atoms with Crippen LogP contribution in [0.25, 0.3) is 0 Å². The molecule has 0 radical (unpaired) electrons. The quantitative estimate of drug-likeness (QED) is 0.385. The Kier molecular flexibility index (Phi) is 7.92. The molecule has 1 atom stereocenters. The van der Waals surface area contributed by atoms with Gasteiger partial charge in [0.15, 0.2) is 5.11 Å². The first kappa shape index (κ1) is 23.1. The zero-order valence-electron chi connectivity index (χ0n) is 17.9. The van der Waals surface area contributed by atoms with Crippen LogP contribution in [-0.4, -0.2) is 41.9 Å². The summed E-state index contributed by atoms with van der Waals surface area (Å²) < 4.78 is 30.0. The molecule has 3 rings (SSSR count). The first-order chi connectivity index (χ1) is 14.8. The number of hydrogen-bond donors (Lipinski definition) is 2. The fourth-order valence-corrected chi connectivity index (χ4v) is 4.10. The Bertz CT molecular complexity index is 896. The molecule has 2 aromatic rings. The fourth-order valence-electron chi connectivity index (χ4n) is 4.05. The van der Waals surface area contributed by atoms with Crippen LogP contribution in [-0.2, 0) is 6.54 Å². The Morgan fingerprint density at radius 3 is 2.52 bits per heavy atom. The first-order valence-corrected chi connectivity index (χ1v) is 10.8. The number of benzene rings is 2. The van der Waals surface area contributed by atoms with E-state index in [9.17, 15) is 0 Å². The molecule has 5 nitrogen and oxygen atoms in total. The standard InChI is InChI=1S/C23H29F2N5S/c1-16(2)10-19-15-29(14-17-6-4-3-5-7-17)8-9-30(19)22-20(24)11-18(12-21(22)25)13-27-28-23(26)31/h3-7,11-13,16,19H,8-10,14-15H2,1-2H3,(H3,26,28,31)/t19-/m0/s1. The number of thiocarbonyl (C=S) groups is 1. The van der Waals surface area contributed by atoms with Gasteiger partial charge in [-0.25, -0.2) is 8.78 Å². The number of nitrogens with two attached hydrogens (primary N) is 1. The maximum atomic E-state index is 15.0. The summed E-state index contributed by atoms with van der Waals surface area (Å²) in [6, 6.07) is 12.9. The third kappa shape index (κ3) is 6.45. The van der Waals surface area contributed by atoms with Gasteiger partial charge in [0.2, 0.25) is 0 Å². The Labute approximate surface area is 187 Å². The van der Waals surface area contributed by atoms with Gasteiger partial charge in [-0.2, -0.15) is 5.10 Å². The Hall–Kier alpha value is -2.58. The molecule has 1 heterocycles. The molecule has 31 heavy (non-hydrogen) atoms. The Morgan fingerprint density at radius 2 is 1.90 bits per heavy atom. The van der Waals surface area contributed by atoms with Crippen LogP contribution in [0.15, 0.2) is 47.6 Å². The smallest absolute Gasteiger partial charge is 0.184 e. The van der Waals surface area contributed by atoms with Crippen molar-refractivity contribution in [2.24, 2.45) is 16.8 Å². The Balaban J connectivity index is 1.80. The van der Waals surface area contributed by atoms with E-state index in [0.29, 0.717) is 18.0 Å². The highest BCUT2D eigenvalue weighted by Gasteiger charge is 2.31. The van der Waals surface area contributed by atoms with Crippen molar-refractivity contribution in [3.8, 4) is 0 Å². The molecule has 1 aliphatic heterocycles. The summed E-state index contributed by atoms with van der Waals surface area (Å²) in [4.78, 5) is 4.25. The molecule has 3 N–H and O–H groups in total. The van der Waals surface area contributed by atoms with Crippen LogP contribution in [0.2, 0.25) is 0 Å². The SMILES string of the molecule is CC(C)C[C@H]1CN(Cc2ccccc2)CCN1c1c(F)cc(C=NNC(N)=S)cc1F. The van der Waals surface area contributed by atoms with E-state index >= 15 is 8.78 Å². The predicted octanol–water partition coefficient (Wildman–Crippen LogP) is 3.87. The van der Waals surface area contributed by atoms with Crippen molar-refractivity contribution >= 4 is 29.2 Å². The van der Waals surface area contributed by atoms with Crippen LogP contribution in [0.1, 0.15) is 31.4 Å². The van der Waals surface area contributed by atoms with Crippen molar-refractivity contribution in [1.82, 2.24) is 10.3 Å². The summed E-state index contributed by atoms with van der Waals surface area (Å²) >= 11 is 4.66. The van der Waals surface area contributed by atoms with Crippen LogP contribution < -0.4 is 16.1 Å². The third-order valence-corrected chi connectivity index (χ3v) is 5.37. The molecule has 0 spiro atoms. The molecule has 0 aromatic heterocycles. The number of nitrogens with zero attached hydrogens (tertiary/aromatic N) is 3. The number of rotatable bonds is 7. The normalized spacial score (nSPS) is 17.5. The van der Waals surface area contributed by atoms with E-state index in [1.807, 2.05) is 23.1 Å². The number of piperazine rings is 1. The lowest BCUT2D eigenvalue weighted by molar-refractivity contribution is 0.201. The van der Waals surface area contributed by atoms with Gasteiger partial charge in [-0.15, -0.1) is 0 Å². The summed E-state index contributed by atoms with van der Waals surface area (Å²) in [6.07, 6.45) is 2.14. The van der Waals surface area contributed by atoms with Crippen molar-refractivity contribution in [1.29, 1.82) is 0 Å². The van der Waals surface area contributed by atoms with Gasteiger partial charge in [0, 0.05) is 37.8 Å². The number of nitrogens with one attached hydrogen (secondary N) is 1. The number of anilines is 1. The van der Waals surface area contributed by atoms with Gasteiger partial charge >= 0.3 is 0 Å². The fraction of sp³-hybridized carbons (Fsp3) is 0.391. The third-order valence-electron chi connectivity index (χ3n) is 5.27. The van der Waals surface area contributed by atoms with Crippen molar-refractivity contribution in [2.45, 2.75) is 32.9 Å². The molecular weight excluding hydrogens is 416 g/mol. The predicted molar refractivity (Wildman–Crippen MR) is 126 cm³/mol. The molecule has 1 saturated heterocycles. The van der Waals surface area contributed by atoms with E-state index in [1.165, 1.54) is 23.9 Å². The minimum atomic E-state index is -0.595. The first-order valence-electron chi connectivity index (χ1n) is 10.4. The van der Waals surface area contributed by atoms with E-state index in [1.54, 1.807) is 0 Å². The Morgan fingerprint density at radius 1 is 1.23 bits per heavy atom. The number of hydrogen-bond acceptors (Lipinski definition) is 4. The van der Waals surface area contributed by atoms with Gasteiger partial charge in [0.05, 0.1) is 6.21 Å². The highest BCUT2D eigenvalue weighted by atomic mass is 32.1. The van der Waals surface area contributed by atoms with Crippen LogP contribution >= 0.6 is 12.2 Å². The van der Waals surface area contributed by atoms with Crippen LogP contribution in [0, 0.1) is 17.6 Å². The zero-order valence-corrected chi connectivity index (χ0v) is 18.7. The lowest BCUT2D eigenvalue weighted by atomic mass is 9.98. The summed E-state index contributed by atoms with van der Waals surface area (Å²) in [5.41, 5.74) is 9.25. The van der Waals surface area contributed by atoms with Crippen LogP contribution in [0.5, 0.6) is 0 Å². The second kappa shape index (κ2) is 10.6. The number of hydrazone groups is 1. The topological polar surface area (TPSA) is 56.9 Å². The van der Waals surface area contributed by atoms with Crippen LogP contribution in [0.4, 0.5) is 14.5 Å². The average Bonchev–Trinajstić information content (AvgIpc) is 2.69. The number of halogens is 2. The van der Waals surface area contributed by atoms with Gasteiger partial charge in [0.1, 0.15) is 17.3 Å². The summed E-state index contributed by atoms with van der Waals surface area (Å²) in [6.45, 7) is 7.16. The lowest BCUT2D eigenvalue weighted by Gasteiger charge is -2.43. The van der Waals surface area contributed by atoms with E-state index in [4.69, 9.17) is 5.73 Å². The zero-order chi connectivity index (χ0) is 22.4. The molecule has 166 valence electrons. The maximum absolute atomic E-state index is 15.0. The van der Waals surface area contributed by atoms with E-state index < -0.39 is 11.6 Å². The van der Waals surface area contributed by atoms with E-state index in [-0.39, 0.29) is 16.8 Å².